The highest BCUT2D eigenvalue weighted by atomic mass is 16.6. The molecule has 9 heteroatoms. The molecule has 0 aliphatic heterocycles. The van der Waals surface area contributed by atoms with E-state index in [1.807, 2.05) is 0 Å². The van der Waals surface area contributed by atoms with Gasteiger partial charge in [-0.1, -0.05) is 12.1 Å². The van der Waals surface area contributed by atoms with Crippen molar-refractivity contribution < 1.29 is 19.7 Å². The van der Waals surface area contributed by atoms with Crippen molar-refractivity contribution in [2.24, 2.45) is 5.16 Å². The molecule has 0 spiro atoms. The normalized spacial score (nSPS) is 13.5. The maximum absolute atomic E-state index is 11.9. The standard InChI is InChI=1S/C14H18N4O5/c1-3-11(10(2)18(22)23)7-13(16-20)8-15-14(19)12-5-4-6-17(21)9-12/h4-7,9-10,20H,3,8H2,1-2H3,(H,15,19). The van der Waals surface area contributed by atoms with Gasteiger partial charge in [-0.15, -0.1) is 0 Å². The molecule has 1 unspecified atom stereocenters. The average Bonchev–Trinajstić information content (AvgIpc) is 2.54. The summed E-state index contributed by atoms with van der Waals surface area (Å²) < 4.78 is 0.490. The van der Waals surface area contributed by atoms with Crippen LogP contribution in [0.4, 0.5) is 0 Å². The summed E-state index contributed by atoms with van der Waals surface area (Å²) in [5.41, 5.74) is 0.696. The molecular weight excluding hydrogens is 304 g/mol. The van der Waals surface area contributed by atoms with Crippen LogP contribution in [-0.4, -0.2) is 34.3 Å². The molecule has 0 fully saturated rings. The Kier molecular flexibility index (Phi) is 6.66. The maximum atomic E-state index is 11.9. The molecule has 0 aromatic carbocycles. The van der Waals surface area contributed by atoms with Crippen LogP contribution in [0.2, 0.25) is 0 Å². The predicted molar refractivity (Wildman–Crippen MR) is 81.8 cm³/mol. The molecule has 23 heavy (non-hydrogen) atoms. The first-order valence-electron chi connectivity index (χ1n) is 6.91. The number of nitrogens with one attached hydrogen (secondary N) is 1. The third-order valence-corrected chi connectivity index (χ3v) is 3.21. The Labute approximate surface area is 132 Å². The number of hydrogen-bond acceptors (Lipinski definition) is 6. The highest BCUT2D eigenvalue weighted by Crippen LogP contribution is 2.10. The van der Waals surface area contributed by atoms with Gasteiger partial charge in [-0.25, -0.2) is 0 Å². The smallest absolute Gasteiger partial charge is 0.257 e. The molecule has 1 aromatic rings. The lowest BCUT2D eigenvalue weighted by Crippen LogP contribution is -2.32. The van der Waals surface area contributed by atoms with Gasteiger partial charge in [-0.05, 0) is 18.6 Å². The van der Waals surface area contributed by atoms with Crippen LogP contribution in [0.1, 0.15) is 30.6 Å². The summed E-state index contributed by atoms with van der Waals surface area (Å²) >= 11 is 0. The van der Waals surface area contributed by atoms with Crippen LogP contribution in [0.15, 0.2) is 41.3 Å². The SMILES string of the molecule is CCC(=CC(CNC(=O)c1ccc[n+]([O-])c1)=NO)C(C)[N+](=O)[O-]. The molecule has 1 atom stereocenters. The molecule has 1 rings (SSSR count). The van der Waals surface area contributed by atoms with Gasteiger partial charge in [0.05, 0.1) is 12.3 Å². The number of oxime groups is 1. The maximum Gasteiger partial charge on any atom is 0.257 e. The van der Waals surface area contributed by atoms with Gasteiger partial charge in [-0.2, -0.15) is 4.73 Å². The van der Waals surface area contributed by atoms with E-state index in [1.165, 1.54) is 31.3 Å². The molecule has 124 valence electrons. The number of nitro groups is 1. The molecule has 1 amide bonds. The predicted octanol–water partition coefficient (Wildman–Crippen LogP) is 0.882. The number of nitrogens with zero attached hydrogens (tertiary/aromatic N) is 3. The summed E-state index contributed by atoms with van der Waals surface area (Å²) in [6.07, 6.45) is 4.14. The molecule has 0 saturated carbocycles. The van der Waals surface area contributed by atoms with Crippen molar-refractivity contribution in [3.8, 4) is 0 Å². The largest absolute Gasteiger partial charge is 0.619 e. The fourth-order valence-corrected chi connectivity index (χ4v) is 1.84. The molecule has 0 aliphatic rings. The Balaban J connectivity index is 2.77. The summed E-state index contributed by atoms with van der Waals surface area (Å²) in [6, 6.07) is 1.97. The summed E-state index contributed by atoms with van der Waals surface area (Å²) in [5, 5.41) is 36.4. The van der Waals surface area contributed by atoms with Crippen LogP contribution >= 0.6 is 0 Å². The average molecular weight is 322 g/mol. The van der Waals surface area contributed by atoms with E-state index in [1.54, 1.807) is 6.92 Å². The van der Waals surface area contributed by atoms with Gasteiger partial charge in [0.25, 0.3) is 5.91 Å². The van der Waals surface area contributed by atoms with E-state index in [0.717, 1.165) is 6.20 Å². The number of carbonyl (C=O) groups excluding carboxylic acids is 1. The number of rotatable bonds is 7. The van der Waals surface area contributed by atoms with Gasteiger partial charge in [0, 0.05) is 23.5 Å². The summed E-state index contributed by atoms with van der Waals surface area (Å²) in [7, 11) is 0. The Bertz CT molecular complexity index is 642. The second kappa shape index (κ2) is 8.47. The Hall–Kier alpha value is -2.97. The minimum atomic E-state index is -0.916. The summed E-state index contributed by atoms with van der Waals surface area (Å²) in [6.45, 7) is 3.05. The summed E-state index contributed by atoms with van der Waals surface area (Å²) in [4.78, 5) is 22.3. The Morgan fingerprint density at radius 3 is 2.83 bits per heavy atom. The van der Waals surface area contributed by atoms with Crippen molar-refractivity contribution in [3.05, 3.63) is 57.1 Å². The zero-order chi connectivity index (χ0) is 17.4. The van der Waals surface area contributed by atoms with Crippen LogP contribution in [0.25, 0.3) is 0 Å². The third kappa shape index (κ3) is 5.38. The Morgan fingerprint density at radius 1 is 1.61 bits per heavy atom. The number of pyridine rings is 1. The van der Waals surface area contributed by atoms with Crippen molar-refractivity contribution in [2.75, 3.05) is 6.54 Å². The molecular formula is C14H18N4O5. The fourth-order valence-electron chi connectivity index (χ4n) is 1.84. The monoisotopic (exact) mass is 322 g/mol. The van der Waals surface area contributed by atoms with Gasteiger partial charge >= 0.3 is 0 Å². The van der Waals surface area contributed by atoms with Crippen LogP contribution in [-0.2, 0) is 0 Å². The van der Waals surface area contributed by atoms with E-state index < -0.39 is 16.9 Å². The van der Waals surface area contributed by atoms with Crippen LogP contribution < -0.4 is 10.0 Å². The molecule has 1 aromatic heterocycles. The van der Waals surface area contributed by atoms with Gasteiger partial charge in [-0.3, -0.25) is 14.9 Å². The lowest BCUT2D eigenvalue weighted by molar-refractivity contribution is -0.605. The van der Waals surface area contributed by atoms with Crippen molar-refractivity contribution in [1.29, 1.82) is 0 Å². The molecule has 0 aliphatic carbocycles. The van der Waals surface area contributed by atoms with Crippen molar-refractivity contribution in [2.45, 2.75) is 26.3 Å². The molecule has 0 radical (unpaired) electrons. The minimum Gasteiger partial charge on any atom is -0.619 e. The molecule has 9 nitrogen and oxygen atoms in total. The number of amides is 1. The third-order valence-electron chi connectivity index (χ3n) is 3.21. The highest BCUT2D eigenvalue weighted by molar-refractivity contribution is 6.01. The second-order valence-corrected chi connectivity index (χ2v) is 4.76. The zero-order valence-electron chi connectivity index (χ0n) is 12.8. The molecule has 1 heterocycles. The molecule has 2 N–H and O–H groups in total. The first-order valence-corrected chi connectivity index (χ1v) is 6.91. The van der Waals surface area contributed by atoms with Gasteiger partial charge in [0.1, 0.15) is 5.56 Å². The van der Waals surface area contributed by atoms with Gasteiger partial charge < -0.3 is 15.7 Å². The fraction of sp³-hybridized carbons (Fsp3) is 0.357. The minimum absolute atomic E-state index is 0.0785. The van der Waals surface area contributed by atoms with E-state index in [4.69, 9.17) is 5.21 Å². The van der Waals surface area contributed by atoms with Crippen molar-refractivity contribution in [3.63, 3.8) is 0 Å². The zero-order valence-corrected chi connectivity index (χ0v) is 12.8. The number of hydrogen-bond donors (Lipinski definition) is 2. The van der Waals surface area contributed by atoms with E-state index in [0.29, 0.717) is 16.7 Å². The molecule has 0 saturated heterocycles. The second-order valence-electron chi connectivity index (χ2n) is 4.76. The molecule has 0 bridgehead atoms. The number of carbonyl (C=O) groups is 1. The lowest BCUT2D eigenvalue weighted by atomic mass is 10.0. The van der Waals surface area contributed by atoms with Gasteiger partial charge in [0.2, 0.25) is 6.04 Å². The van der Waals surface area contributed by atoms with E-state index >= 15 is 0 Å². The first-order chi connectivity index (χ1) is 10.9. The van der Waals surface area contributed by atoms with E-state index in [9.17, 15) is 20.1 Å². The lowest BCUT2D eigenvalue weighted by Gasteiger charge is -2.08. The van der Waals surface area contributed by atoms with Crippen molar-refractivity contribution in [1.82, 2.24) is 5.32 Å². The van der Waals surface area contributed by atoms with Crippen LogP contribution in [0.3, 0.4) is 0 Å². The van der Waals surface area contributed by atoms with Crippen LogP contribution in [0, 0.1) is 15.3 Å². The van der Waals surface area contributed by atoms with Gasteiger partial charge in [0.15, 0.2) is 12.4 Å². The quantitative estimate of drug-likeness (QED) is 0.192. The Morgan fingerprint density at radius 2 is 2.30 bits per heavy atom. The van der Waals surface area contributed by atoms with Crippen molar-refractivity contribution >= 4 is 11.6 Å². The topological polar surface area (TPSA) is 132 Å². The van der Waals surface area contributed by atoms with E-state index in [2.05, 4.69) is 10.5 Å². The first kappa shape index (κ1) is 18.1. The van der Waals surface area contributed by atoms with Crippen LogP contribution in [0.5, 0.6) is 0 Å². The number of aromatic nitrogens is 1. The van der Waals surface area contributed by atoms with E-state index in [-0.39, 0.29) is 17.8 Å². The summed E-state index contributed by atoms with van der Waals surface area (Å²) in [5.74, 6) is -0.523. The highest BCUT2D eigenvalue weighted by Gasteiger charge is 2.18.